The molecule has 2 heterocycles. The van der Waals surface area contributed by atoms with Gasteiger partial charge in [0.15, 0.2) is 11.0 Å². The summed E-state index contributed by atoms with van der Waals surface area (Å²) in [5.41, 5.74) is 4.50. The van der Waals surface area contributed by atoms with E-state index in [1.165, 1.54) is 4.90 Å². The number of urea groups is 1. The number of thioether (sulfide) groups is 1. The number of amides is 3. The van der Waals surface area contributed by atoms with Crippen LogP contribution in [0.15, 0.2) is 72.0 Å². The Labute approximate surface area is 261 Å². The third-order valence-electron chi connectivity index (χ3n) is 6.61. The molecule has 0 atom stereocenters. The highest BCUT2D eigenvalue weighted by molar-refractivity contribution is 8.15. The lowest BCUT2D eigenvalue weighted by atomic mass is 10.1. The van der Waals surface area contributed by atoms with Gasteiger partial charge in [-0.25, -0.2) is 27.6 Å². The zero-order chi connectivity index (χ0) is 31.9. The van der Waals surface area contributed by atoms with Crippen molar-refractivity contribution < 1.29 is 32.2 Å². The third-order valence-corrected chi connectivity index (χ3v) is 7.53. The summed E-state index contributed by atoms with van der Waals surface area (Å²) in [4.78, 5) is 35.7. The van der Waals surface area contributed by atoms with Crippen LogP contribution >= 0.6 is 11.8 Å². The Hall–Kier alpha value is -4.69. The summed E-state index contributed by atoms with van der Waals surface area (Å²) in [7, 11) is 0. The van der Waals surface area contributed by atoms with Crippen molar-refractivity contribution in [1.29, 1.82) is 0 Å². The molecule has 234 valence electrons. The standard InChI is InChI=1S/C31H29F3N6O4S/c1-19-3-4-22(15-43-16-27(33)34)26(13-19)40-28(41)17-45-31(40)37-30(42)36-25-10-5-21(14-20(25)2)29-35-18-39(38-29)23-6-8-24(9-7-23)44-12-11-32/h3-10,13-14,18,27H,11-12,15-17H2,1-2H3,(H,36,42)/b37-31-. The van der Waals surface area contributed by atoms with E-state index in [4.69, 9.17) is 9.47 Å². The third kappa shape index (κ3) is 7.88. The van der Waals surface area contributed by atoms with Gasteiger partial charge in [-0.15, -0.1) is 5.10 Å². The Morgan fingerprint density at radius 1 is 1.11 bits per heavy atom. The molecular formula is C31H29F3N6O4S. The van der Waals surface area contributed by atoms with E-state index in [9.17, 15) is 22.8 Å². The zero-order valence-corrected chi connectivity index (χ0v) is 25.2. The number of aliphatic imine (C=N–C) groups is 1. The first-order valence-corrected chi connectivity index (χ1v) is 14.8. The smallest absolute Gasteiger partial charge is 0.347 e. The van der Waals surface area contributed by atoms with Gasteiger partial charge in [0.1, 0.15) is 32.0 Å². The lowest BCUT2D eigenvalue weighted by molar-refractivity contribution is -0.115. The molecule has 0 unspecified atom stereocenters. The molecule has 5 rings (SSSR count). The molecule has 1 aliphatic heterocycles. The van der Waals surface area contributed by atoms with Crippen LogP contribution in [-0.2, 0) is 16.1 Å². The highest BCUT2D eigenvalue weighted by Gasteiger charge is 2.32. The summed E-state index contributed by atoms with van der Waals surface area (Å²) < 4.78 is 49.5. The number of hydrogen-bond donors (Lipinski definition) is 1. The van der Waals surface area contributed by atoms with Crippen LogP contribution in [0.5, 0.6) is 5.75 Å². The molecule has 1 aromatic heterocycles. The molecule has 3 amide bonds. The quantitative estimate of drug-likeness (QED) is 0.204. The Bertz CT molecular complexity index is 1710. The maximum Gasteiger partial charge on any atom is 0.347 e. The highest BCUT2D eigenvalue weighted by atomic mass is 32.2. The SMILES string of the molecule is Cc1ccc(COCC(F)F)c(N2C(=O)CS/C2=N\C(=O)Nc2ccc(-c3ncn(-c4ccc(OCCF)cc4)n3)cc2C)c1. The molecule has 0 radical (unpaired) electrons. The molecular weight excluding hydrogens is 609 g/mol. The number of aromatic nitrogens is 3. The monoisotopic (exact) mass is 638 g/mol. The number of carbonyl (C=O) groups is 2. The molecule has 0 spiro atoms. The van der Waals surface area contributed by atoms with Crippen LogP contribution in [0.2, 0.25) is 0 Å². The molecule has 3 aromatic carbocycles. The molecule has 0 aliphatic carbocycles. The van der Waals surface area contributed by atoms with Gasteiger partial charge in [-0.1, -0.05) is 23.9 Å². The first-order chi connectivity index (χ1) is 21.7. The number of nitrogens with zero attached hydrogens (tertiary/aromatic N) is 5. The number of anilines is 2. The number of hydrogen-bond acceptors (Lipinski definition) is 7. The van der Waals surface area contributed by atoms with Crippen LogP contribution in [-0.4, -0.2) is 63.9 Å². The van der Waals surface area contributed by atoms with Gasteiger partial charge in [-0.05, 0) is 73.5 Å². The van der Waals surface area contributed by atoms with Crippen molar-refractivity contribution in [2.45, 2.75) is 26.9 Å². The van der Waals surface area contributed by atoms with E-state index in [2.05, 4.69) is 20.4 Å². The number of ether oxygens (including phenoxy) is 2. The fraction of sp³-hybridized carbons (Fsp3) is 0.258. The summed E-state index contributed by atoms with van der Waals surface area (Å²) in [5.74, 6) is 0.804. The molecule has 1 fully saturated rings. The van der Waals surface area contributed by atoms with Crippen LogP contribution in [0.3, 0.4) is 0 Å². The number of aryl methyl sites for hydroxylation is 2. The molecule has 14 heteroatoms. The van der Waals surface area contributed by atoms with Crippen LogP contribution in [0.4, 0.5) is 29.3 Å². The predicted octanol–water partition coefficient (Wildman–Crippen LogP) is 6.35. The van der Waals surface area contributed by atoms with Crippen LogP contribution in [0.1, 0.15) is 16.7 Å². The minimum absolute atomic E-state index is 0.00930. The lowest BCUT2D eigenvalue weighted by Crippen LogP contribution is -2.31. The minimum Gasteiger partial charge on any atom is -0.491 e. The predicted molar refractivity (Wildman–Crippen MR) is 166 cm³/mol. The number of benzene rings is 3. The normalized spacial score (nSPS) is 14.0. The fourth-order valence-corrected chi connectivity index (χ4v) is 5.35. The minimum atomic E-state index is -2.62. The van der Waals surface area contributed by atoms with Crippen LogP contribution in [0.25, 0.3) is 17.1 Å². The van der Waals surface area contributed by atoms with Crippen molar-refractivity contribution in [2.24, 2.45) is 4.99 Å². The second-order valence-electron chi connectivity index (χ2n) is 9.95. The van der Waals surface area contributed by atoms with Crippen molar-refractivity contribution in [3.05, 3.63) is 83.7 Å². The lowest BCUT2D eigenvalue weighted by Gasteiger charge is -2.20. The van der Waals surface area contributed by atoms with Crippen molar-refractivity contribution in [2.75, 3.05) is 35.9 Å². The second kappa shape index (κ2) is 14.4. The topological polar surface area (TPSA) is 111 Å². The van der Waals surface area contributed by atoms with Crippen LogP contribution < -0.4 is 15.0 Å². The average Bonchev–Trinajstić information content (AvgIpc) is 3.65. The summed E-state index contributed by atoms with van der Waals surface area (Å²) in [6, 6.07) is 16.9. The van der Waals surface area contributed by atoms with E-state index in [1.807, 2.05) is 19.9 Å². The van der Waals surface area contributed by atoms with Crippen LogP contribution in [0, 0.1) is 13.8 Å². The van der Waals surface area contributed by atoms with E-state index in [-0.39, 0.29) is 30.0 Å². The van der Waals surface area contributed by atoms with Gasteiger partial charge < -0.3 is 14.8 Å². The van der Waals surface area contributed by atoms with Gasteiger partial charge in [0.25, 0.3) is 6.43 Å². The second-order valence-corrected chi connectivity index (χ2v) is 10.9. The fourth-order valence-electron chi connectivity index (χ4n) is 4.49. The number of carbonyl (C=O) groups excluding carboxylic acids is 2. The van der Waals surface area contributed by atoms with E-state index in [1.54, 1.807) is 65.6 Å². The highest BCUT2D eigenvalue weighted by Crippen LogP contribution is 2.32. The molecule has 10 nitrogen and oxygen atoms in total. The van der Waals surface area contributed by atoms with E-state index in [0.717, 1.165) is 34.1 Å². The molecule has 45 heavy (non-hydrogen) atoms. The Morgan fingerprint density at radius 3 is 2.64 bits per heavy atom. The summed E-state index contributed by atoms with van der Waals surface area (Å²) in [6.07, 6.45) is -1.04. The molecule has 0 bridgehead atoms. The van der Waals surface area contributed by atoms with Gasteiger partial charge >= 0.3 is 6.03 Å². The first kappa shape index (κ1) is 31.7. The van der Waals surface area contributed by atoms with E-state index >= 15 is 0 Å². The number of amidine groups is 1. The van der Waals surface area contributed by atoms with Gasteiger partial charge in [0.2, 0.25) is 5.91 Å². The van der Waals surface area contributed by atoms with Gasteiger partial charge in [-0.2, -0.15) is 4.99 Å². The molecule has 1 saturated heterocycles. The summed E-state index contributed by atoms with van der Waals surface area (Å²) in [5, 5.41) is 7.47. The Kier molecular flexibility index (Phi) is 10.1. The van der Waals surface area contributed by atoms with Gasteiger partial charge in [0.05, 0.1) is 23.7 Å². The van der Waals surface area contributed by atoms with Gasteiger partial charge in [0, 0.05) is 16.8 Å². The van der Waals surface area contributed by atoms with Crippen molar-refractivity contribution in [3.63, 3.8) is 0 Å². The summed E-state index contributed by atoms with van der Waals surface area (Å²) in [6.45, 7) is 2.21. The summed E-state index contributed by atoms with van der Waals surface area (Å²) >= 11 is 1.11. The van der Waals surface area contributed by atoms with Crippen molar-refractivity contribution in [1.82, 2.24) is 14.8 Å². The van der Waals surface area contributed by atoms with E-state index < -0.39 is 25.7 Å². The largest absolute Gasteiger partial charge is 0.491 e. The molecule has 4 aromatic rings. The zero-order valence-electron chi connectivity index (χ0n) is 24.4. The maximum atomic E-state index is 13.0. The maximum absolute atomic E-state index is 13.0. The molecule has 0 saturated carbocycles. The number of nitrogens with one attached hydrogen (secondary N) is 1. The number of alkyl halides is 3. The van der Waals surface area contributed by atoms with E-state index in [0.29, 0.717) is 28.5 Å². The Morgan fingerprint density at radius 2 is 1.91 bits per heavy atom. The van der Waals surface area contributed by atoms with Crippen molar-refractivity contribution in [3.8, 4) is 22.8 Å². The number of rotatable bonds is 11. The molecule has 1 aliphatic rings. The molecule has 1 N–H and O–H groups in total. The average molecular weight is 639 g/mol. The van der Waals surface area contributed by atoms with Crippen molar-refractivity contribution >= 4 is 40.2 Å². The number of halogens is 3. The van der Waals surface area contributed by atoms with Gasteiger partial charge in [-0.3, -0.25) is 9.69 Å². The first-order valence-electron chi connectivity index (χ1n) is 13.8. The Balaban J connectivity index is 1.29.